The largest absolute Gasteiger partial charge is 1.00 e. The van der Waals surface area contributed by atoms with Crippen molar-refractivity contribution in [1.29, 1.82) is 0 Å². The number of ether oxygens (including phenoxy) is 2. The fourth-order valence-electron chi connectivity index (χ4n) is 1.37. The van der Waals surface area contributed by atoms with Crippen molar-refractivity contribution in [3.05, 3.63) is 0 Å². The van der Waals surface area contributed by atoms with Crippen LogP contribution in [0.15, 0.2) is 0 Å². The van der Waals surface area contributed by atoms with Gasteiger partial charge < -0.3 is 21.9 Å². The van der Waals surface area contributed by atoms with Gasteiger partial charge in [-0.2, -0.15) is 0 Å². The van der Waals surface area contributed by atoms with Crippen molar-refractivity contribution in [2.45, 2.75) is 38.5 Å². The van der Waals surface area contributed by atoms with Gasteiger partial charge in [-0.15, -0.1) is 0 Å². The predicted molar refractivity (Wildman–Crippen MR) is 49.3 cm³/mol. The summed E-state index contributed by atoms with van der Waals surface area (Å²) in [6.45, 7) is 4.00. The van der Waals surface area contributed by atoms with Crippen LogP contribution in [-0.2, 0) is 9.47 Å². The minimum absolute atomic E-state index is 0. The van der Waals surface area contributed by atoms with Crippen molar-refractivity contribution in [3.63, 3.8) is 0 Å². The summed E-state index contributed by atoms with van der Waals surface area (Å²) >= 11 is 0. The smallest absolute Gasteiger partial charge is 0.0466 e. The van der Waals surface area contributed by atoms with E-state index < -0.39 is 0 Å². The van der Waals surface area contributed by atoms with Crippen LogP contribution in [0, 0.1) is 0 Å². The molecule has 2 saturated heterocycles. The molecule has 0 aromatic heterocycles. The summed E-state index contributed by atoms with van der Waals surface area (Å²) in [5, 5.41) is 0. The van der Waals surface area contributed by atoms with Crippen LogP contribution in [0.5, 0.6) is 0 Å². The second-order valence-electron chi connectivity index (χ2n) is 3.35. The Morgan fingerprint density at radius 1 is 0.462 bits per heavy atom. The fourth-order valence-corrected chi connectivity index (χ4v) is 1.37. The first-order valence-electron chi connectivity index (χ1n) is 5.15. The molecule has 0 spiro atoms. The average Bonchev–Trinajstić information content (AvgIpc) is 2.24. The molecule has 0 bridgehead atoms. The molecule has 2 heterocycles. The van der Waals surface area contributed by atoms with E-state index >= 15 is 0 Å². The maximum absolute atomic E-state index is 5.07. The first-order valence-corrected chi connectivity index (χ1v) is 5.15. The van der Waals surface area contributed by atoms with E-state index in [2.05, 4.69) is 0 Å². The Labute approximate surface area is 87.4 Å². The van der Waals surface area contributed by atoms with Crippen LogP contribution in [0.25, 0.3) is 0 Å². The van der Waals surface area contributed by atoms with Crippen LogP contribution in [0.2, 0.25) is 0 Å². The quantitative estimate of drug-likeness (QED) is 0.527. The van der Waals surface area contributed by atoms with E-state index in [1.54, 1.807) is 0 Å². The maximum atomic E-state index is 5.07. The molecule has 2 rings (SSSR count). The van der Waals surface area contributed by atoms with E-state index in [1.807, 2.05) is 0 Å². The summed E-state index contributed by atoms with van der Waals surface area (Å²) in [5.74, 6) is 0. The predicted octanol–water partition coefficient (Wildman–Crippen LogP) is -0.622. The zero-order chi connectivity index (χ0) is 8.49. The van der Waals surface area contributed by atoms with Crippen molar-refractivity contribution in [3.8, 4) is 0 Å². The van der Waals surface area contributed by atoms with E-state index in [9.17, 15) is 0 Å². The Bertz CT molecular complexity index is 55.9. The maximum Gasteiger partial charge on any atom is 0.0466 e. The lowest BCUT2D eigenvalue weighted by atomic mass is 10.2. The third-order valence-corrected chi connectivity index (χ3v) is 2.15. The third-order valence-electron chi connectivity index (χ3n) is 2.15. The van der Waals surface area contributed by atoms with Gasteiger partial charge in [-0.1, -0.05) is 0 Å². The van der Waals surface area contributed by atoms with Crippen LogP contribution in [0.4, 0.5) is 0 Å². The Hall–Kier alpha value is 0.210. The Balaban J connectivity index is 0.000000206. The highest BCUT2D eigenvalue weighted by Crippen LogP contribution is 2.02. The second kappa shape index (κ2) is 10.3. The first-order chi connectivity index (χ1) is 6.00. The van der Waals surface area contributed by atoms with Crippen LogP contribution in [-0.4, -0.2) is 26.4 Å². The highest BCUT2D eigenvalue weighted by molar-refractivity contribution is 4.45. The summed E-state index contributed by atoms with van der Waals surface area (Å²) < 4.78 is 10.1. The molecule has 0 N–H and O–H groups in total. The van der Waals surface area contributed by atoms with Gasteiger partial charge in [0.15, 0.2) is 0 Å². The van der Waals surface area contributed by atoms with Crippen LogP contribution >= 0.6 is 0 Å². The van der Waals surface area contributed by atoms with Gasteiger partial charge >= 0.3 is 0 Å². The van der Waals surface area contributed by atoms with Gasteiger partial charge in [-0.05, 0) is 38.5 Å². The van der Waals surface area contributed by atoms with Gasteiger partial charge in [-0.3, -0.25) is 0 Å². The van der Waals surface area contributed by atoms with Gasteiger partial charge in [0, 0.05) is 26.4 Å². The van der Waals surface area contributed by atoms with Gasteiger partial charge in [0.1, 0.15) is 0 Å². The fraction of sp³-hybridized carbons (Fsp3) is 1.00. The van der Waals surface area contributed by atoms with Gasteiger partial charge in [0.25, 0.3) is 0 Å². The van der Waals surface area contributed by atoms with E-state index in [0.717, 1.165) is 26.4 Å². The third kappa shape index (κ3) is 8.54. The summed E-state index contributed by atoms with van der Waals surface area (Å²) in [6, 6.07) is 0. The number of halogens is 1. The molecule has 3 heteroatoms. The monoisotopic (exact) mass is 207 g/mol. The van der Waals surface area contributed by atoms with Crippen molar-refractivity contribution in [2.24, 2.45) is 0 Å². The van der Waals surface area contributed by atoms with Crippen molar-refractivity contribution in [1.82, 2.24) is 0 Å². The lowest BCUT2D eigenvalue weighted by molar-refractivity contribution is -0.00000439. The molecule has 0 amide bonds. The minimum atomic E-state index is 0. The molecule has 0 aliphatic carbocycles. The number of rotatable bonds is 0. The first kappa shape index (κ1) is 13.2. The molecule has 0 aromatic rings. The molecule has 0 saturated carbocycles. The molecule has 0 unspecified atom stereocenters. The summed E-state index contributed by atoms with van der Waals surface area (Å²) in [7, 11) is 0. The molecule has 2 aliphatic heterocycles. The van der Waals surface area contributed by atoms with E-state index in [1.165, 1.54) is 38.5 Å². The number of hydrogen-bond donors (Lipinski definition) is 0. The highest BCUT2D eigenvalue weighted by Gasteiger charge is 1.95. The van der Waals surface area contributed by atoms with Crippen molar-refractivity contribution < 1.29 is 21.9 Å². The van der Waals surface area contributed by atoms with Crippen LogP contribution in [0.1, 0.15) is 38.5 Å². The topological polar surface area (TPSA) is 18.5 Å². The molecule has 2 aliphatic rings. The summed E-state index contributed by atoms with van der Waals surface area (Å²) in [6.07, 6.45) is 7.86. The van der Waals surface area contributed by atoms with Crippen LogP contribution < -0.4 is 12.4 Å². The number of hydrogen-bond acceptors (Lipinski definition) is 2. The highest BCUT2D eigenvalue weighted by atomic mass is 35.5. The van der Waals surface area contributed by atoms with Gasteiger partial charge in [0.05, 0.1) is 0 Å². The van der Waals surface area contributed by atoms with Crippen LogP contribution in [0.3, 0.4) is 0 Å². The van der Waals surface area contributed by atoms with E-state index in [0.29, 0.717) is 0 Å². The van der Waals surface area contributed by atoms with Gasteiger partial charge in [0.2, 0.25) is 0 Å². The standard InChI is InChI=1S/2C5H10O.ClH/c2*1-2-4-6-5-3-1;/h2*1-5H2;1H/p-1. The lowest BCUT2D eigenvalue weighted by Crippen LogP contribution is -3.00. The molecule has 0 aromatic carbocycles. The average molecular weight is 208 g/mol. The molecule has 2 fully saturated rings. The SMILES string of the molecule is C1CCOCC1.C1CCOCC1.[Cl-]. The zero-order valence-corrected chi connectivity index (χ0v) is 9.02. The summed E-state index contributed by atoms with van der Waals surface area (Å²) in [5.41, 5.74) is 0. The molecular formula is C10H20ClO2-. The minimum Gasteiger partial charge on any atom is -1.00 e. The lowest BCUT2D eigenvalue weighted by Gasteiger charge is -2.08. The molecule has 13 heavy (non-hydrogen) atoms. The molecule has 2 nitrogen and oxygen atoms in total. The Morgan fingerprint density at radius 2 is 0.769 bits per heavy atom. The van der Waals surface area contributed by atoms with E-state index in [4.69, 9.17) is 9.47 Å². The molecular weight excluding hydrogens is 188 g/mol. The summed E-state index contributed by atoms with van der Waals surface area (Å²) in [4.78, 5) is 0. The molecule has 80 valence electrons. The normalized spacial score (nSPS) is 22.2. The van der Waals surface area contributed by atoms with Crippen molar-refractivity contribution >= 4 is 0 Å². The zero-order valence-electron chi connectivity index (χ0n) is 8.27. The molecule has 0 atom stereocenters. The Kier molecular flexibility index (Phi) is 10.5. The van der Waals surface area contributed by atoms with E-state index in [-0.39, 0.29) is 12.4 Å². The molecule has 0 radical (unpaired) electrons. The second-order valence-corrected chi connectivity index (χ2v) is 3.35. The Morgan fingerprint density at radius 3 is 0.846 bits per heavy atom. The van der Waals surface area contributed by atoms with Gasteiger partial charge in [-0.25, -0.2) is 0 Å². The van der Waals surface area contributed by atoms with Crippen molar-refractivity contribution in [2.75, 3.05) is 26.4 Å².